The molecule has 13 heteroatoms. The maximum Gasteiger partial charge on any atom is 0.259 e. The van der Waals surface area contributed by atoms with Crippen molar-refractivity contribution in [2.24, 2.45) is 25.4 Å². The van der Waals surface area contributed by atoms with Gasteiger partial charge in [-0.3, -0.25) is 9.79 Å². The number of benzene rings is 8. The Morgan fingerprint density at radius 1 is 0.635 bits per heavy atom. The van der Waals surface area contributed by atoms with Crippen LogP contribution in [0.1, 0.15) is 21.5 Å². The quantitative estimate of drug-likeness (QED) is 0.0908. The summed E-state index contributed by atoms with van der Waals surface area (Å²) in [6, 6.07) is 48.0. The van der Waals surface area contributed by atoms with E-state index in [9.17, 15) is 15.0 Å². The second-order valence-electron chi connectivity index (χ2n) is 14.8. The van der Waals surface area contributed by atoms with Gasteiger partial charge in [0.2, 0.25) is 11.8 Å². The summed E-state index contributed by atoms with van der Waals surface area (Å²) in [6.07, 6.45) is 0. The molecule has 0 radical (unpaired) electrons. The molecule has 1 aliphatic heterocycles. The number of phenols is 2. The van der Waals surface area contributed by atoms with Crippen LogP contribution in [0.15, 0.2) is 188 Å². The Labute approximate surface area is 360 Å². The Morgan fingerprint density at radius 3 is 1.97 bits per heavy atom. The number of aromatic hydroxyl groups is 2. The van der Waals surface area contributed by atoms with E-state index in [2.05, 4.69) is 58.6 Å². The number of hydrogen-bond donors (Lipinski definition) is 3. The van der Waals surface area contributed by atoms with E-state index >= 15 is 0 Å². The number of nitrogens with one attached hydrogen (secondary N) is 1. The number of aliphatic imine (C=N–C) groups is 1. The summed E-state index contributed by atoms with van der Waals surface area (Å²) < 4.78 is 6.04. The molecule has 0 bridgehead atoms. The van der Waals surface area contributed by atoms with Gasteiger partial charge in [0.15, 0.2) is 5.75 Å². The zero-order valence-electron chi connectivity index (χ0n) is 33.4. The number of fused-ring (bicyclic) bond motifs is 1. The standard InChI is InChI=1S/C50H35N9O4/c1-51-41-16-7-8-17-42(41)59-28-33-11-9-15-39-44(33)34(29-59)27-43(60)45(39)55-53-36-22-18-30(19-23-36)49-57-58-50(63-49)31-20-24-37(25-21-31)54-56-46-38-14-6-5-10-32(38)26-40(47(46)61)48(62)52-35-12-3-2-4-13-35/h2-27,60-61H,1,28-29H2,(H,52,62). The first-order chi connectivity index (χ1) is 30.9. The Bertz CT molecular complexity index is 3270. The van der Waals surface area contributed by atoms with Crippen molar-refractivity contribution in [1.82, 2.24) is 10.2 Å². The molecule has 1 aromatic heterocycles. The molecule has 0 fully saturated rings. The lowest BCUT2D eigenvalue weighted by Gasteiger charge is -2.32. The normalized spacial score (nSPS) is 12.4. The van der Waals surface area contributed by atoms with Gasteiger partial charge in [-0.05, 0) is 114 Å². The zero-order chi connectivity index (χ0) is 42.9. The smallest absolute Gasteiger partial charge is 0.259 e. The van der Waals surface area contributed by atoms with Gasteiger partial charge in [-0.2, -0.15) is 10.2 Å². The number of nitrogens with zero attached hydrogens (tertiary/aromatic N) is 8. The fraction of sp³-hybridized carbons (Fsp3) is 0.0400. The Morgan fingerprint density at radius 2 is 1.25 bits per heavy atom. The summed E-state index contributed by atoms with van der Waals surface area (Å²) in [4.78, 5) is 19.6. The second-order valence-corrected chi connectivity index (χ2v) is 14.8. The number of phenolic OH excluding ortho intramolecular Hbond substituents is 2. The van der Waals surface area contributed by atoms with E-state index in [0.717, 1.165) is 38.7 Å². The van der Waals surface area contributed by atoms with Crippen molar-refractivity contribution in [3.05, 3.63) is 174 Å². The van der Waals surface area contributed by atoms with Crippen molar-refractivity contribution >= 4 is 74.0 Å². The maximum absolute atomic E-state index is 13.2. The van der Waals surface area contributed by atoms with Crippen molar-refractivity contribution < 1.29 is 19.4 Å². The topological polar surface area (TPSA) is 174 Å². The fourth-order valence-electron chi connectivity index (χ4n) is 7.81. The molecule has 0 aliphatic carbocycles. The lowest BCUT2D eigenvalue weighted by atomic mass is 9.93. The van der Waals surface area contributed by atoms with E-state index in [-0.39, 0.29) is 22.7 Å². The number of carbonyl (C=O) groups is 1. The van der Waals surface area contributed by atoms with Crippen LogP contribution in [-0.2, 0) is 13.1 Å². The molecule has 0 unspecified atom stereocenters. The van der Waals surface area contributed by atoms with Crippen molar-refractivity contribution in [1.29, 1.82) is 0 Å². The second kappa shape index (κ2) is 16.3. The number of rotatable bonds is 10. The number of para-hydroxylation sites is 3. The third-order valence-corrected chi connectivity index (χ3v) is 10.9. The maximum atomic E-state index is 13.2. The van der Waals surface area contributed by atoms with E-state index in [1.54, 1.807) is 60.7 Å². The molecule has 0 saturated carbocycles. The van der Waals surface area contributed by atoms with Gasteiger partial charge in [-0.25, -0.2) is 0 Å². The number of aromatic nitrogens is 2. The van der Waals surface area contributed by atoms with Crippen LogP contribution in [0.5, 0.6) is 11.5 Å². The molecule has 9 aromatic rings. The lowest BCUT2D eigenvalue weighted by Crippen LogP contribution is -2.26. The Kier molecular flexibility index (Phi) is 9.93. The molecule has 2 heterocycles. The highest BCUT2D eigenvalue weighted by molar-refractivity contribution is 6.11. The molecule has 13 nitrogen and oxygen atoms in total. The number of hydrogen-bond acceptors (Lipinski definition) is 12. The Balaban J connectivity index is 0.837. The van der Waals surface area contributed by atoms with Gasteiger partial charge in [0.25, 0.3) is 5.91 Å². The SMILES string of the molecule is C=Nc1ccccc1N1Cc2cccc3c(N=Nc4ccc(-c5nnc(-c6ccc(N=Nc7c(O)c(C(=O)Nc8ccccc8)cc8ccccc78)cc6)o5)cc4)c(O)cc(c23)C1. The van der Waals surface area contributed by atoms with Crippen LogP contribution in [0.3, 0.4) is 0 Å². The molecule has 0 atom stereocenters. The van der Waals surface area contributed by atoms with Gasteiger partial charge in [0.1, 0.15) is 17.1 Å². The highest BCUT2D eigenvalue weighted by Crippen LogP contribution is 2.44. The number of azo groups is 2. The third-order valence-electron chi connectivity index (χ3n) is 10.9. The van der Waals surface area contributed by atoms with Crippen LogP contribution in [0.4, 0.5) is 39.8 Å². The molecule has 304 valence electrons. The van der Waals surface area contributed by atoms with E-state index in [1.165, 1.54) is 0 Å². The van der Waals surface area contributed by atoms with Crippen LogP contribution < -0.4 is 10.2 Å². The summed E-state index contributed by atoms with van der Waals surface area (Å²) >= 11 is 0. The van der Waals surface area contributed by atoms with Crippen LogP contribution in [-0.4, -0.2) is 33.0 Å². The molecule has 0 spiro atoms. The fourth-order valence-corrected chi connectivity index (χ4v) is 7.81. The first-order valence-electron chi connectivity index (χ1n) is 20.0. The summed E-state index contributed by atoms with van der Waals surface area (Å²) in [7, 11) is 0. The molecule has 63 heavy (non-hydrogen) atoms. The predicted molar refractivity (Wildman–Crippen MR) is 245 cm³/mol. The first-order valence-corrected chi connectivity index (χ1v) is 20.0. The van der Waals surface area contributed by atoms with E-state index in [4.69, 9.17) is 4.42 Å². The van der Waals surface area contributed by atoms with Gasteiger partial charge < -0.3 is 24.8 Å². The first kappa shape index (κ1) is 38.4. The molecule has 1 amide bonds. The molecule has 3 N–H and O–H groups in total. The molecule has 10 rings (SSSR count). The largest absolute Gasteiger partial charge is 0.506 e. The minimum atomic E-state index is -0.468. The minimum absolute atomic E-state index is 0.0461. The van der Waals surface area contributed by atoms with Crippen molar-refractivity contribution in [3.63, 3.8) is 0 Å². The van der Waals surface area contributed by atoms with Gasteiger partial charge in [-0.15, -0.1) is 20.4 Å². The van der Waals surface area contributed by atoms with Gasteiger partial charge >= 0.3 is 0 Å². The minimum Gasteiger partial charge on any atom is -0.506 e. The highest BCUT2D eigenvalue weighted by Gasteiger charge is 2.24. The van der Waals surface area contributed by atoms with E-state index < -0.39 is 5.91 Å². The van der Waals surface area contributed by atoms with Crippen LogP contribution in [0.2, 0.25) is 0 Å². The lowest BCUT2D eigenvalue weighted by molar-refractivity contribution is 0.102. The highest BCUT2D eigenvalue weighted by atomic mass is 16.4. The van der Waals surface area contributed by atoms with E-state index in [0.29, 0.717) is 64.1 Å². The van der Waals surface area contributed by atoms with Gasteiger partial charge in [-0.1, -0.05) is 72.8 Å². The molecular weight excluding hydrogens is 791 g/mol. The van der Waals surface area contributed by atoms with Crippen LogP contribution in [0, 0.1) is 0 Å². The summed E-state index contributed by atoms with van der Waals surface area (Å²) in [6.45, 7) is 5.01. The molecular formula is C50H35N9O4. The van der Waals surface area contributed by atoms with Gasteiger partial charge in [0, 0.05) is 40.7 Å². The third kappa shape index (κ3) is 7.50. The Hall–Kier alpha value is -8.84. The monoisotopic (exact) mass is 825 g/mol. The van der Waals surface area contributed by atoms with Crippen LogP contribution in [0.25, 0.3) is 44.5 Å². The summed E-state index contributed by atoms with van der Waals surface area (Å²) in [5.41, 5.74) is 7.59. The van der Waals surface area contributed by atoms with Crippen molar-refractivity contribution in [2.45, 2.75) is 13.1 Å². The summed E-state index contributed by atoms with van der Waals surface area (Å²) in [5, 5.41) is 54.8. The van der Waals surface area contributed by atoms with Gasteiger partial charge in [0.05, 0.1) is 28.3 Å². The number of anilines is 2. The van der Waals surface area contributed by atoms with Crippen molar-refractivity contribution in [2.75, 3.05) is 10.2 Å². The number of amides is 1. The number of carbonyl (C=O) groups excluding carboxylic acids is 1. The summed E-state index contributed by atoms with van der Waals surface area (Å²) in [5.74, 6) is -0.0744. The molecule has 8 aromatic carbocycles. The van der Waals surface area contributed by atoms with Crippen LogP contribution >= 0.6 is 0 Å². The zero-order valence-corrected chi connectivity index (χ0v) is 33.4. The van der Waals surface area contributed by atoms with E-state index in [1.807, 2.05) is 91.0 Å². The average Bonchev–Trinajstić information content (AvgIpc) is 3.82. The average molecular weight is 826 g/mol. The predicted octanol–water partition coefficient (Wildman–Crippen LogP) is 13.1. The molecule has 1 aliphatic rings. The molecule has 0 saturated heterocycles. The van der Waals surface area contributed by atoms with Crippen molar-refractivity contribution in [3.8, 4) is 34.4 Å².